The molecule has 0 aliphatic carbocycles. The van der Waals surface area contributed by atoms with Crippen molar-refractivity contribution in [1.29, 1.82) is 0 Å². The molecule has 162 valence electrons. The van der Waals surface area contributed by atoms with E-state index < -0.39 is 0 Å². The van der Waals surface area contributed by atoms with Gasteiger partial charge in [-0.1, -0.05) is 48.5 Å². The molecule has 5 rings (SSSR count). The number of rotatable bonds is 5. The third kappa shape index (κ3) is 4.75. The van der Waals surface area contributed by atoms with Crippen LogP contribution in [0, 0.1) is 3.57 Å². The highest BCUT2D eigenvalue weighted by molar-refractivity contribution is 14.1. The van der Waals surface area contributed by atoms with E-state index in [4.69, 9.17) is 0 Å². The van der Waals surface area contributed by atoms with Gasteiger partial charge in [-0.3, -0.25) is 9.69 Å². The Morgan fingerprint density at radius 2 is 1.62 bits per heavy atom. The molecule has 1 aliphatic heterocycles. The number of halogens is 1. The number of carbonyl (C=O) groups excluding carboxylic acids is 1. The molecule has 0 N–H and O–H groups in total. The number of fused-ring (bicyclic) bond motifs is 1. The van der Waals surface area contributed by atoms with Gasteiger partial charge in [0.15, 0.2) is 0 Å². The lowest BCUT2D eigenvalue weighted by atomic mass is 10.0. The Hall–Kier alpha value is -2.22. The number of nitrogens with zero attached hydrogens (tertiary/aromatic N) is 2. The van der Waals surface area contributed by atoms with E-state index in [0.717, 1.165) is 53.1 Å². The number of carbonyl (C=O) groups is 1. The molecule has 1 aromatic heterocycles. The molecular weight excluding hydrogens is 527 g/mol. The molecule has 1 saturated heterocycles. The molecular formula is C27H25IN2OS. The zero-order valence-electron chi connectivity index (χ0n) is 17.8. The van der Waals surface area contributed by atoms with Crippen molar-refractivity contribution < 1.29 is 4.79 Å². The van der Waals surface area contributed by atoms with Gasteiger partial charge in [-0.2, -0.15) is 0 Å². The number of piperidine rings is 1. The fourth-order valence-corrected chi connectivity index (χ4v) is 5.84. The Kier molecular flexibility index (Phi) is 6.57. The molecule has 3 aromatic carbocycles. The zero-order chi connectivity index (χ0) is 21.9. The van der Waals surface area contributed by atoms with E-state index in [0.29, 0.717) is 0 Å². The SMILES string of the molecule is O=C(c1cc2ccccc2s1)N(c1ccc(I)cc1)C1CCN(Cc2ccccc2)CC1. The summed E-state index contributed by atoms with van der Waals surface area (Å²) < 4.78 is 2.34. The summed E-state index contributed by atoms with van der Waals surface area (Å²) >= 11 is 3.91. The highest BCUT2D eigenvalue weighted by atomic mass is 127. The number of thiophene rings is 1. The maximum atomic E-state index is 13.8. The van der Waals surface area contributed by atoms with E-state index in [9.17, 15) is 4.79 Å². The van der Waals surface area contributed by atoms with Crippen LogP contribution in [-0.2, 0) is 6.54 Å². The third-order valence-electron chi connectivity index (χ3n) is 6.13. The van der Waals surface area contributed by atoms with Gasteiger partial charge < -0.3 is 4.90 Å². The van der Waals surface area contributed by atoms with Gasteiger partial charge in [0.1, 0.15) is 0 Å². The second-order valence-electron chi connectivity index (χ2n) is 8.29. The number of likely N-dealkylation sites (tertiary alicyclic amines) is 1. The average molecular weight is 552 g/mol. The van der Waals surface area contributed by atoms with E-state index in [1.165, 1.54) is 9.13 Å². The summed E-state index contributed by atoms with van der Waals surface area (Å²) in [5, 5.41) is 1.14. The third-order valence-corrected chi connectivity index (χ3v) is 7.95. The van der Waals surface area contributed by atoms with E-state index in [-0.39, 0.29) is 11.9 Å². The first kappa shape index (κ1) is 21.6. The molecule has 3 nitrogen and oxygen atoms in total. The van der Waals surface area contributed by atoms with Gasteiger partial charge in [-0.15, -0.1) is 11.3 Å². The van der Waals surface area contributed by atoms with Gasteiger partial charge in [0.25, 0.3) is 5.91 Å². The van der Waals surface area contributed by atoms with Gasteiger partial charge in [-0.25, -0.2) is 0 Å². The van der Waals surface area contributed by atoms with Gasteiger partial charge in [-0.05, 0) is 82.8 Å². The summed E-state index contributed by atoms with van der Waals surface area (Å²) in [7, 11) is 0. The molecule has 32 heavy (non-hydrogen) atoms. The topological polar surface area (TPSA) is 23.6 Å². The van der Waals surface area contributed by atoms with E-state index >= 15 is 0 Å². The lowest BCUT2D eigenvalue weighted by Crippen LogP contribution is -2.47. The van der Waals surface area contributed by atoms with Crippen molar-refractivity contribution in [1.82, 2.24) is 4.90 Å². The van der Waals surface area contributed by atoms with Crippen molar-refractivity contribution in [3.05, 3.63) is 98.9 Å². The number of hydrogen-bond donors (Lipinski definition) is 0. The fraction of sp³-hybridized carbons (Fsp3) is 0.222. The van der Waals surface area contributed by atoms with Crippen LogP contribution in [0.2, 0.25) is 0 Å². The molecule has 1 fully saturated rings. The highest BCUT2D eigenvalue weighted by Gasteiger charge is 2.30. The minimum absolute atomic E-state index is 0.119. The van der Waals surface area contributed by atoms with Crippen molar-refractivity contribution in [2.24, 2.45) is 0 Å². The van der Waals surface area contributed by atoms with Crippen LogP contribution in [0.4, 0.5) is 5.69 Å². The van der Waals surface area contributed by atoms with E-state index in [1.54, 1.807) is 11.3 Å². The van der Waals surface area contributed by atoms with Crippen LogP contribution >= 0.6 is 33.9 Å². The average Bonchev–Trinajstić information content (AvgIpc) is 3.27. The minimum atomic E-state index is 0.119. The van der Waals surface area contributed by atoms with Crippen LogP contribution in [0.1, 0.15) is 28.1 Å². The summed E-state index contributed by atoms with van der Waals surface area (Å²) in [6, 6.07) is 29.5. The first-order valence-corrected chi connectivity index (χ1v) is 12.9. The molecule has 1 amide bonds. The number of benzene rings is 3. The normalized spacial score (nSPS) is 15.2. The smallest absolute Gasteiger partial charge is 0.268 e. The lowest BCUT2D eigenvalue weighted by Gasteiger charge is -2.38. The van der Waals surface area contributed by atoms with E-state index in [2.05, 4.69) is 99.1 Å². The van der Waals surface area contributed by atoms with Crippen molar-refractivity contribution in [3.8, 4) is 0 Å². The Morgan fingerprint density at radius 1 is 0.938 bits per heavy atom. The molecule has 0 saturated carbocycles. The molecule has 0 radical (unpaired) electrons. The maximum Gasteiger partial charge on any atom is 0.268 e. The van der Waals surface area contributed by atoms with Crippen LogP contribution in [0.3, 0.4) is 0 Å². The quantitative estimate of drug-likeness (QED) is 0.254. The highest BCUT2D eigenvalue weighted by Crippen LogP contribution is 2.31. The largest absolute Gasteiger partial charge is 0.305 e. The van der Waals surface area contributed by atoms with Crippen LogP contribution in [0.25, 0.3) is 10.1 Å². The summed E-state index contributed by atoms with van der Waals surface area (Å²) in [5.74, 6) is 0.119. The second kappa shape index (κ2) is 9.73. The molecule has 0 bridgehead atoms. The Morgan fingerprint density at radius 3 is 2.34 bits per heavy atom. The summed E-state index contributed by atoms with van der Waals surface area (Å²) in [4.78, 5) is 19.2. The minimum Gasteiger partial charge on any atom is -0.305 e. The Labute approximate surface area is 206 Å². The van der Waals surface area contributed by atoms with Gasteiger partial charge >= 0.3 is 0 Å². The first-order valence-electron chi connectivity index (χ1n) is 11.0. The second-order valence-corrected chi connectivity index (χ2v) is 10.6. The van der Waals surface area contributed by atoms with Crippen LogP contribution in [0.15, 0.2) is 84.9 Å². The van der Waals surface area contributed by atoms with Gasteiger partial charge in [0.2, 0.25) is 0 Å². The molecule has 4 aromatic rings. The van der Waals surface area contributed by atoms with Crippen LogP contribution in [-0.4, -0.2) is 29.9 Å². The van der Waals surface area contributed by atoms with Crippen LogP contribution < -0.4 is 4.90 Å². The monoisotopic (exact) mass is 552 g/mol. The first-order chi connectivity index (χ1) is 15.7. The van der Waals surface area contributed by atoms with Crippen molar-refractivity contribution in [2.75, 3.05) is 18.0 Å². The van der Waals surface area contributed by atoms with Crippen molar-refractivity contribution >= 4 is 55.6 Å². The Balaban J connectivity index is 1.38. The Bertz CT molecular complexity index is 1160. The fourth-order valence-electron chi connectivity index (χ4n) is 4.48. The molecule has 0 atom stereocenters. The van der Waals surface area contributed by atoms with Crippen LogP contribution in [0.5, 0.6) is 0 Å². The van der Waals surface area contributed by atoms with Crippen molar-refractivity contribution in [2.45, 2.75) is 25.4 Å². The van der Waals surface area contributed by atoms with Crippen molar-refractivity contribution in [3.63, 3.8) is 0 Å². The van der Waals surface area contributed by atoms with Gasteiger partial charge in [0, 0.05) is 39.6 Å². The summed E-state index contributed by atoms with van der Waals surface area (Å²) in [6.45, 7) is 2.97. The standard InChI is InChI=1S/C27H25IN2OS/c28-22-10-12-23(13-11-22)30(27(31)26-18-21-8-4-5-9-25(21)32-26)24-14-16-29(17-15-24)19-20-6-2-1-3-7-20/h1-13,18,24H,14-17,19H2. The number of anilines is 1. The maximum absolute atomic E-state index is 13.8. The van der Waals surface area contributed by atoms with Gasteiger partial charge in [0.05, 0.1) is 4.88 Å². The lowest BCUT2D eigenvalue weighted by molar-refractivity contribution is 0.0962. The molecule has 2 heterocycles. The molecule has 1 aliphatic rings. The molecule has 0 unspecified atom stereocenters. The summed E-state index contributed by atoms with van der Waals surface area (Å²) in [6.07, 6.45) is 1.96. The number of hydrogen-bond acceptors (Lipinski definition) is 3. The van der Waals surface area contributed by atoms with E-state index in [1.807, 2.05) is 18.2 Å². The predicted molar refractivity (Wildman–Crippen MR) is 143 cm³/mol. The zero-order valence-corrected chi connectivity index (χ0v) is 20.8. The predicted octanol–water partition coefficient (Wildman–Crippen LogP) is 6.82. The number of amides is 1. The molecule has 0 spiro atoms. The summed E-state index contributed by atoms with van der Waals surface area (Å²) in [5.41, 5.74) is 2.34. The molecule has 5 heteroatoms.